The minimum atomic E-state index is -0.303. The number of carbonyl (C=O) groups excluding carboxylic acids is 1. The Labute approximate surface area is 150 Å². The molecule has 5 aliphatic rings. The van der Waals surface area contributed by atoms with E-state index in [1.807, 2.05) is 0 Å². The van der Waals surface area contributed by atoms with Gasteiger partial charge in [0.05, 0.1) is 13.2 Å². The van der Waals surface area contributed by atoms with Gasteiger partial charge in [0.25, 0.3) is 0 Å². The number of ketones is 1. The van der Waals surface area contributed by atoms with Gasteiger partial charge in [-0.3, -0.25) is 4.79 Å². The molecule has 4 aliphatic carbocycles. The maximum Gasteiger partial charge on any atom is 0.172 e. The summed E-state index contributed by atoms with van der Waals surface area (Å²) < 4.78 is 12.0. The molecule has 2 fully saturated rings. The lowest BCUT2D eigenvalue weighted by atomic mass is 9.57. The third-order valence-corrected chi connectivity index (χ3v) is 8.13. The number of allylic oxidation sites excluding steroid dienone is 3. The summed E-state index contributed by atoms with van der Waals surface area (Å²) in [4.78, 5) is 12.2. The van der Waals surface area contributed by atoms with E-state index in [4.69, 9.17) is 9.47 Å². The van der Waals surface area contributed by atoms with Crippen molar-refractivity contribution in [1.29, 1.82) is 0 Å². The molecule has 136 valence electrons. The van der Waals surface area contributed by atoms with E-state index in [1.54, 1.807) is 23.6 Å². The first-order valence-electron chi connectivity index (χ1n) is 10.2. The summed E-state index contributed by atoms with van der Waals surface area (Å²) >= 11 is 0. The lowest BCUT2D eigenvalue weighted by molar-refractivity contribution is -0.164. The standard InChI is InChI=1S/C22H30O3/c1-14(23)19-5-6-20-18-4-3-15-13-22(24-11-12-25-22)10-8-16(15)17(18)7-9-21(19,20)2/h7,18-20H,3-6,8-13H2,1-2H3. The quantitative estimate of drug-likeness (QED) is 0.700. The molecule has 4 atom stereocenters. The molecular weight excluding hydrogens is 312 g/mol. The normalized spacial score (nSPS) is 42.0. The SMILES string of the molecule is CC(=O)C1CCC2C3CCC4=C(CCC5(C4)OCCO5)C3=CCC12C. The number of rotatable bonds is 1. The van der Waals surface area contributed by atoms with E-state index in [-0.39, 0.29) is 17.1 Å². The Hall–Kier alpha value is -0.930. The zero-order valence-electron chi connectivity index (χ0n) is 15.6. The van der Waals surface area contributed by atoms with E-state index in [2.05, 4.69) is 13.0 Å². The van der Waals surface area contributed by atoms with Gasteiger partial charge in [-0.05, 0) is 73.8 Å². The highest BCUT2D eigenvalue weighted by molar-refractivity contribution is 5.79. The summed E-state index contributed by atoms with van der Waals surface area (Å²) in [6.45, 7) is 5.70. The maximum absolute atomic E-state index is 12.2. The van der Waals surface area contributed by atoms with Crippen LogP contribution in [0.15, 0.2) is 22.8 Å². The topological polar surface area (TPSA) is 35.5 Å². The second kappa shape index (κ2) is 5.53. The van der Waals surface area contributed by atoms with Gasteiger partial charge in [-0.1, -0.05) is 18.6 Å². The number of hydrogen-bond donors (Lipinski definition) is 0. The van der Waals surface area contributed by atoms with E-state index in [0.717, 1.165) is 45.3 Å². The Morgan fingerprint density at radius 1 is 1.16 bits per heavy atom. The Balaban J connectivity index is 1.47. The monoisotopic (exact) mass is 342 g/mol. The Morgan fingerprint density at radius 2 is 1.96 bits per heavy atom. The van der Waals surface area contributed by atoms with Gasteiger partial charge in [-0.15, -0.1) is 0 Å². The zero-order valence-corrected chi connectivity index (χ0v) is 15.6. The van der Waals surface area contributed by atoms with Crippen LogP contribution in [0.3, 0.4) is 0 Å². The van der Waals surface area contributed by atoms with Crippen molar-refractivity contribution in [3.05, 3.63) is 22.8 Å². The highest BCUT2D eigenvalue weighted by atomic mass is 16.7. The molecule has 0 amide bonds. The van der Waals surface area contributed by atoms with Crippen molar-refractivity contribution in [1.82, 2.24) is 0 Å². The molecule has 0 bridgehead atoms. The molecule has 1 spiro atoms. The second-order valence-electron chi connectivity index (χ2n) is 9.23. The van der Waals surface area contributed by atoms with Crippen molar-refractivity contribution < 1.29 is 14.3 Å². The Bertz CT molecular complexity index is 667. The van der Waals surface area contributed by atoms with E-state index in [9.17, 15) is 4.79 Å². The van der Waals surface area contributed by atoms with Gasteiger partial charge in [0.15, 0.2) is 5.79 Å². The summed E-state index contributed by atoms with van der Waals surface area (Å²) in [5.41, 5.74) is 5.07. The Kier molecular flexibility index (Phi) is 3.60. The van der Waals surface area contributed by atoms with Crippen LogP contribution in [0.25, 0.3) is 0 Å². The van der Waals surface area contributed by atoms with Crippen LogP contribution in [0.4, 0.5) is 0 Å². The van der Waals surface area contributed by atoms with Crippen LogP contribution in [0.2, 0.25) is 0 Å². The van der Waals surface area contributed by atoms with Crippen LogP contribution in [0, 0.1) is 23.2 Å². The van der Waals surface area contributed by atoms with Crippen LogP contribution in [0.1, 0.15) is 65.2 Å². The third-order valence-electron chi connectivity index (χ3n) is 8.13. The summed E-state index contributed by atoms with van der Waals surface area (Å²) in [6.07, 6.45) is 11.5. The highest BCUT2D eigenvalue weighted by Gasteiger charge is 2.54. The first-order valence-corrected chi connectivity index (χ1v) is 10.2. The average molecular weight is 342 g/mol. The third kappa shape index (κ3) is 2.28. The molecule has 1 aliphatic heterocycles. The van der Waals surface area contributed by atoms with Crippen LogP contribution in [0.5, 0.6) is 0 Å². The lowest BCUT2D eigenvalue weighted by Crippen LogP contribution is -2.42. The summed E-state index contributed by atoms with van der Waals surface area (Å²) in [5.74, 6) is 1.77. The van der Waals surface area contributed by atoms with Crippen LogP contribution in [-0.2, 0) is 14.3 Å². The molecule has 3 heteroatoms. The molecule has 1 saturated carbocycles. The first kappa shape index (κ1) is 16.3. The van der Waals surface area contributed by atoms with Crippen molar-refractivity contribution in [2.75, 3.05) is 13.2 Å². The fraction of sp³-hybridized carbons (Fsp3) is 0.773. The summed E-state index contributed by atoms with van der Waals surface area (Å²) in [5, 5.41) is 0. The number of Topliss-reactive ketones (excluding diaryl/α,β-unsaturated/α-hetero) is 1. The molecule has 0 aromatic carbocycles. The van der Waals surface area contributed by atoms with E-state index < -0.39 is 0 Å². The predicted molar refractivity (Wildman–Crippen MR) is 95.9 cm³/mol. The summed E-state index contributed by atoms with van der Waals surface area (Å²) in [7, 11) is 0. The smallest absolute Gasteiger partial charge is 0.172 e. The highest BCUT2D eigenvalue weighted by Crippen LogP contribution is 2.61. The fourth-order valence-electron chi connectivity index (χ4n) is 6.96. The van der Waals surface area contributed by atoms with Crippen molar-refractivity contribution in [2.24, 2.45) is 23.2 Å². The molecule has 0 aromatic heterocycles. The van der Waals surface area contributed by atoms with Crippen molar-refractivity contribution in [3.8, 4) is 0 Å². The molecule has 5 rings (SSSR count). The molecule has 4 unspecified atom stereocenters. The van der Waals surface area contributed by atoms with Gasteiger partial charge < -0.3 is 9.47 Å². The number of fused-ring (bicyclic) bond motifs is 4. The van der Waals surface area contributed by atoms with Crippen LogP contribution in [-0.4, -0.2) is 24.8 Å². The molecule has 1 saturated heterocycles. The minimum Gasteiger partial charge on any atom is -0.347 e. The molecule has 25 heavy (non-hydrogen) atoms. The zero-order chi connectivity index (χ0) is 17.2. The van der Waals surface area contributed by atoms with Crippen LogP contribution >= 0.6 is 0 Å². The van der Waals surface area contributed by atoms with Gasteiger partial charge in [0.1, 0.15) is 5.78 Å². The molecule has 3 nitrogen and oxygen atoms in total. The van der Waals surface area contributed by atoms with Crippen LogP contribution < -0.4 is 0 Å². The molecule has 0 aromatic rings. The fourth-order valence-corrected chi connectivity index (χ4v) is 6.96. The predicted octanol–water partition coefficient (Wildman–Crippen LogP) is 4.57. The van der Waals surface area contributed by atoms with E-state index in [1.165, 1.54) is 19.3 Å². The molecular formula is C22H30O3. The van der Waals surface area contributed by atoms with Crippen molar-refractivity contribution >= 4 is 5.78 Å². The second-order valence-corrected chi connectivity index (χ2v) is 9.23. The molecule has 1 heterocycles. The van der Waals surface area contributed by atoms with Gasteiger partial charge in [-0.2, -0.15) is 0 Å². The minimum absolute atomic E-state index is 0.200. The number of hydrogen-bond acceptors (Lipinski definition) is 3. The maximum atomic E-state index is 12.2. The number of ether oxygens (including phenoxy) is 2. The molecule has 0 radical (unpaired) electrons. The van der Waals surface area contributed by atoms with E-state index >= 15 is 0 Å². The first-order chi connectivity index (χ1) is 12.0. The van der Waals surface area contributed by atoms with Gasteiger partial charge in [0, 0.05) is 18.8 Å². The lowest BCUT2D eigenvalue weighted by Gasteiger charge is -2.48. The van der Waals surface area contributed by atoms with Gasteiger partial charge in [-0.25, -0.2) is 0 Å². The number of carbonyl (C=O) groups is 1. The van der Waals surface area contributed by atoms with Crippen molar-refractivity contribution in [2.45, 2.75) is 71.0 Å². The van der Waals surface area contributed by atoms with Crippen molar-refractivity contribution in [3.63, 3.8) is 0 Å². The van der Waals surface area contributed by atoms with Gasteiger partial charge >= 0.3 is 0 Å². The largest absolute Gasteiger partial charge is 0.347 e. The summed E-state index contributed by atoms with van der Waals surface area (Å²) in [6, 6.07) is 0. The average Bonchev–Trinajstić information content (AvgIpc) is 3.18. The molecule has 0 N–H and O–H groups in total. The van der Waals surface area contributed by atoms with Gasteiger partial charge in [0.2, 0.25) is 0 Å². The Morgan fingerprint density at radius 3 is 2.72 bits per heavy atom. The van der Waals surface area contributed by atoms with E-state index in [0.29, 0.717) is 17.6 Å².